The molecule has 0 atom stereocenters. The van der Waals surface area contributed by atoms with Gasteiger partial charge in [-0.05, 0) is 12.8 Å². The molecule has 0 fully saturated rings. The molecule has 0 saturated carbocycles. The molecule has 3 heteroatoms. The third-order valence-electron chi connectivity index (χ3n) is 3.50. The molecule has 116 valence electrons. The van der Waals surface area contributed by atoms with Gasteiger partial charge in [0.05, 0.1) is 6.61 Å². The Kier molecular flexibility index (Phi) is 23.5. The van der Waals surface area contributed by atoms with Gasteiger partial charge in [0.15, 0.2) is 0 Å². The Labute approximate surface area is 169 Å². The summed E-state index contributed by atoms with van der Waals surface area (Å²) in [6, 6.07) is 0. The van der Waals surface area contributed by atoms with Crippen molar-refractivity contribution in [3.05, 3.63) is 0 Å². The average molecular weight is 311 g/mol. The van der Waals surface area contributed by atoms with Gasteiger partial charge in [-0.15, -0.1) is 0 Å². The molecule has 0 aliphatic heterocycles. The maximum atomic E-state index is 11.3. The normalized spacial score (nSPS) is 10.1. The van der Waals surface area contributed by atoms with Gasteiger partial charge in [-0.25, -0.2) is 0 Å². The molecule has 0 radical (unpaired) electrons. The standard InChI is InChI=1S/C17H34O2.K.H/c1-3-5-7-8-9-10-11-12-14-16-19-17(18)15-13-6-4-2;;/h3-16H2,1-2H3;;. The first-order chi connectivity index (χ1) is 9.31. The number of ether oxygens (including phenoxy) is 1. The van der Waals surface area contributed by atoms with E-state index >= 15 is 0 Å². The van der Waals surface area contributed by atoms with E-state index in [-0.39, 0.29) is 57.4 Å². The van der Waals surface area contributed by atoms with Crippen molar-refractivity contribution in [1.29, 1.82) is 0 Å². The number of carbonyl (C=O) groups is 1. The van der Waals surface area contributed by atoms with Crippen molar-refractivity contribution in [3.8, 4) is 0 Å². The van der Waals surface area contributed by atoms with E-state index in [9.17, 15) is 4.79 Å². The summed E-state index contributed by atoms with van der Waals surface area (Å²) in [5.41, 5.74) is 0. The van der Waals surface area contributed by atoms with Crippen LogP contribution in [0.25, 0.3) is 0 Å². The maximum absolute atomic E-state index is 11.3. The first kappa shape index (κ1) is 23.4. The number of unbranched alkanes of at least 4 members (excludes halogenated alkanes) is 10. The Morgan fingerprint density at radius 3 is 1.70 bits per heavy atom. The van der Waals surface area contributed by atoms with Crippen LogP contribution in [0, 0.1) is 0 Å². The number of esters is 1. The fourth-order valence-corrected chi connectivity index (χ4v) is 2.19. The molecule has 0 aromatic carbocycles. The predicted molar refractivity (Wildman–Crippen MR) is 89.5 cm³/mol. The average Bonchev–Trinajstić information content (AvgIpc) is 2.41. The predicted octanol–water partition coefficient (Wildman–Crippen LogP) is 4.99. The van der Waals surface area contributed by atoms with Crippen LogP contribution < -0.4 is 0 Å². The zero-order valence-electron chi connectivity index (χ0n) is 13.2. The van der Waals surface area contributed by atoms with Crippen molar-refractivity contribution < 1.29 is 9.53 Å². The third-order valence-corrected chi connectivity index (χ3v) is 3.50. The molecule has 0 aromatic rings. The quantitative estimate of drug-likeness (QED) is 0.256. The van der Waals surface area contributed by atoms with E-state index in [1.807, 2.05) is 0 Å². The summed E-state index contributed by atoms with van der Waals surface area (Å²) in [4.78, 5) is 11.3. The molecule has 0 N–H and O–H groups in total. The molecule has 20 heavy (non-hydrogen) atoms. The Balaban J connectivity index is 0. The van der Waals surface area contributed by atoms with Crippen LogP contribution in [0.4, 0.5) is 0 Å². The molecule has 0 unspecified atom stereocenters. The van der Waals surface area contributed by atoms with E-state index in [1.54, 1.807) is 0 Å². The SMILES string of the molecule is CCCCCCCCCCCOC(=O)CCCCC.[KH]. The molecule has 0 aromatic heterocycles. The number of hydrogen-bond acceptors (Lipinski definition) is 2. The van der Waals surface area contributed by atoms with Crippen molar-refractivity contribution in [1.82, 2.24) is 0 Å². The summed E-state index contributed by atoms with van der Waals surface area (Å²) in [6.07, 6.45) is 15.6. The summed E-state index contributed by atoms with van der Waals surface area (Å²) in [7, 11) is 0. The molecule has 0 spiro atoms. The Morgan fingerprint density at radius 2 is 1.15 bits per heavy atom. The monoisotopic (exact) mass is 310 g/mol. The van der Waals surface area contributed by atoms with Crippen LogP contribution in [-0.2, 0) is 9.53 Å². The van der Waals surface area contributed by atoms with Crippen LogP contribution in [0.1, 0.15) is 97.3 Å². The minimum atomic E-state index is -0.00647. The molecule has 0 rings (SSSR count). The van der Waals surface area contributed by atoms with E-state index in [0.29, 0.717) is 13.0 Å². The Morgan fingerprint density at radius 1 is 0.700 bits per heavy atom. The van der Waals surface area contributed by atoms with Crippen LogP contribution in [0.5, 0.6) is 0 Å². The van der Waals surface area contributed by atoms with Gasteiger partial charge >= 0.3 is 57.4 Å². The number of carbonyl (C=O) groups excluding carboxylic acids is 1. The second-order valence-corrected chi connectivity index (χ2v) is 5.51. The van der Waals surface area contributed by atoms with Gasteiger partial charge in [0.1, 0.15) is 0 Å². The van der Waals surface area contributed by atoms with E-state index in [0.717, 1.165) is 25.7 Å². The molecule has 0 aliphatic carbocycles. The third kappa shape index (κ3) is 19.1. The molecule has 0 saturated heterocycles. The van der Waals surface area contributed by atoms with Crippen molar-refractivity contribution in [3.63, 3.8) is 0 Å². The fraction of sp³-hybridized carbons (Fsp3) is 0.941. The van der Waals surface area contributed by atoms with Gasteiger partial charge in [-0.2, -0.15) is 0 Å². The van der Waals surface area contributed by atoms with E-state index in [1.165, 1.54) is 51.4 Å². The van der Waals surface area contributed by atoms with E-state index in [2.05, 4.69) is 13.8 Å². The molecule has 2 nitrogen and oxygen atoms in total. The van der Waals surface area contributed by atoms with Gasteiger partial charge in [0, 0.05) is 6.42 Å². The fourth-order valence-electron chi connectivity index (χ4n) is 2.19. The van der Waals surface area contributed by atoms with Crippen LogP contribution in [0.15, 0.2) is 0 Å². The van der Waals surface area contributed by atoms with E-state index in [4.69, 9.17) is 4.74 Å². The Hall–Kier alpha value is 1.11. The number of rotatable bonds is 14. The molecular formula is C17H35KO2. The zero-order chi connectivity index (χ0) is 14.2. The molecule has 0 aliphatic rings. The molecule has 0 amide bonds. The van der Waals surface area contributed by atoms with Crippen molar-refractivity contribution >= 4 is 57.4 Å². The minimum absolute atomic E-state index is 0. The first-order valence-corrected chi connectivity index (χ1v) is 8.46. The summed E-state index contributed by atoms with van der Waals surface area (Å²) in [5, 5.41) is 0. The first-order valence-electron chi connectivity index (χ1n) is 8.46. The number of hydrogen-bond donors (Lipinski definition) is 0. The van der Waals surface area contributed by atoms with Crippen LogP contribution >= 0.6 is 0 Å². The van der Waals surface area contributed by atoms with Gasteiger partial charge in [-0.3, -0.25) is 4.79 Å². The van der Waals surface area contributed by atoms with Crippen molar-refractivity contribution in [2.24, 2.45) is 0 Å². The van der Waals surface area contributed by atoms with Gasteiger partial charge in [-0.1, -0.05) is 78.1 Å². The molecule has 0 bridgehead atoms. The summed E-state index contributed by atoms with van der Waals surface area (Å²) in [5.74, 6) is -0.00647. The van der Waals surface area contributed by atoms with Crippen LogP contribution in [-0.4, -0.2) is 64.0 Å². The topological polar surface area (TPSA) is 26.3 Å². The molecule has 0 heterocycles. The van der Waals surface area contributed by atoms with Crippen LogP contribution in [0.3, 0.4) is 0 Å². The second kappa shape index (κ2) is 20.1. The van der Waals surface area contributed by atoms with Gasteiger partial charge in [0.2, 0.25) is 0 Å². The van der Waals surface area contributed by atoms with Gasteiger partial charge in [0.25, 0.3) is 0 Å². The molecular weight excluding hydrogens is 275 g/mol. The summed E-state index contributed by atoms with van der Waals surface area (Å²) >= 11 is 0. The summed E-state index contributed by atoms with van der Waals surface area (Å²) < 4.78 is 5.21. The van der Waals surface area contributed by atoms with Crippen molar-refractivity contribution in [2.45, 2.75) is 97.3 Å². The zero-order valence-corrected chi connectivity index (χ0v) is 13.2. The van der Waals surface area contributed by atoms with Crippen molar-refractivity contribution in [2.75, 3.05) is 6.61 Å². The second-order valence-electron chi connectivity index (χ2n) is 5.51. The van der Waals surface area contributed by atoms with Crippen LogP contribution in [0.2, 0.25) is 0 Å². The van der Waals surface area contributed by atoms with Gasteiger partial charge < -0.3 is 4.74 Å². The Bertz CT molecular complexity index is 195. The summed E-state index contributed by atoms with van der Waals surface area (Å²) in [6.45, 7) is 5.03. The van der Waals surface area contributed by atoms with E-state index < -0.39 is 0 Å².